The number of hydrogen-bond donors (Lipinski definition) is 1. The van der Waals surface area contributed by atoms with E-state index in [1.165, 1.54) is 19.8 Å². The van der Waals surface area contributed by atoms with Gasteiger partial charge in [0.05, 0.1) is 6.04 Å². The van der Waals surface area contributed by atoms with Crippen LogP contribution in [0.5, 0.6) is 0 Å². The standard InChI is InChI=1S/C14H20Cl2N2O.C4H10/c1-11(19)14(17)10-12-2-4-13(5-3-12)18(8-6-15)9-7-16;1-3-4-2/h2-5,14H,6-10,17H2,1H3;3-4H2,1-2H3/t14-;/m0./s1. The summed E-state index contributed by atoms with van der Waals surface area (Å²) in [6.45, 7) is 7.41. The highest BCUT2D eigenvalue weighted by Crippen LogP contribution is 2.16. The lowest BCUT2D eigenvalue weighted by Gasteiger charge is -2.23. The van der Waals surface area contributed by atoms with Gasteiger partial charge in [-0.1, -0.05) is 38.8 Å². The molecule has 2 N–H and O–H groups in total. The van der Waals surface area contributed by atoms with Gasteiger partial charge in [0.2, 0.25) is 0 Å². The lowest BCUT2D eigenvalue weighted by Crippen LogP contribution is -2.30. The van der Waals surface area contributed by atoms with Gasteiger partial charge in [-0.3, -0.25) is 4.79 Å². The number of hydrogen-bond acceptors (Lipinski definition) is 3. The number of benzene rings is 1. The Balaban J connectivity index is 0.00000108. The minimum Gasteiger partial charge on any atom is -0.369 e. The molecule has 1 aromatic carbocycles. The van der Waals surface area contributed by atoms with Gasteiger partial charge in [-0.05, 0) is 31.0 Å². The molecule has 0 saturated heterocycles. The summed E-state index contributed by atoms with van der Waals surface area (Å²) in [6.07, 6.45) is 3.21. The molecule has 132 valence electrons. The lowest BCUT2D eigenvalue weighted by atomic mass is 10.0. The van der Waals surface area contributed by atoms with Gasteiger partial charge < -0.3 is 10.6 Å². The fraction of sp³-hybridized carbons (Fsp3) is 0.611. The monoisotopic (exact) mass is 360 g/mol. The molecule has 1 rings (SSSR count). The lowest BCUT2D eigenvalue weighted by molar-refractivity contribution is -0.118. The van der Waals surface area contributed by atoms with Gasteiger partial charge in [0.15, 0.2) is 0 Å². The van der Waals surface area contributed by atoms with E-state index in [-0.39, 0.29) is 5.78 Å². The molecule has 0 aliphatic rings. The number of alkyl halides is 2. The predicted molar refractivity (Wildman–Crippen MR) is 103 cm³/mol. The van der Waals surface area contributed by atoms with Gasteiger partial charge in [-0.2, -0.15) is 0 Å². The number of rotatable bonds is 9. The molecule has 0 heterocycles. The molecule has 23 heavy (non-hydrogen) atoms. The number of unbranched alkanes of at least 4 members (excludes halogenated alkanes) is 1. The number of Topliss-reactive ketones (excluding diaryl/α,β-unsaturated/α-hetero) is 1. The van der Waals surface area contributed by atoms with Crippen LogP contribution in [-0.2, 0) is 11.2 Å². The van der Waals surface area contributed by atoms with Crippen LogP contribution in [0.1, 0.15) is 39.2 Å². The summed E-state index contributed by atoms with van der Waals surface area (Å²) in [5.41, 5.74) is 7.89. The van der Waals surface area contributed by atoms with Crippen molar-refractivity contribution in [2.75, 3.05) is 29.7 Å². The molecular weight excluding hydrogens is 331 g/mol. The van der Waals surface area contributed by atoms with E-state index >= 15 is 0 Å². The number of nitrogens with two attached hydrogens (primary N) is 1. The molecule has 0 unspecified atom stereocenters. The van der Waals surface area contributed by atoms with E-state index in [9.17, 15) is 4.79 Å². The Labute approximate surface area is 151 Å². The average molecular weight is 361 g/mol. The zero-order chi connectivity index (χ0) is 17.7. The maximum atomic E-state index is 11.1. The smallest absolute Gasteiger partial charge is 0.146 e. The average Bonchev–Trinajstić information content (AvgIpc) is 2.55. The molecule has 0 spiro atoms. The molecule has 0 bridgehead atoms. The van der Waals surface area contributed by atoms with Crippen LogP contribution in [0.4, 0.5) is 5.69 Å². The number of anilines is 1. The first-order valence-corrected chi connectivity index (χ1v) is 9.28. The summed E-state index contributed by atoms with van der Waals surface area (Å²) in [6, 6.07) is 7.59. The van der Waals surface area contributed by atoms with Crippen LogP contribution in [-0.4, -0.2) is 36.7 Å². The molecule has 0 fully saturated rings. The summed E-state index contributed by atoms with van der Waals surface area (Å²) in [5.74, 6) is 1.14. The Hall–Kier alpha value is -0.770. The van der Waals surface area contributed by atoms with E-state index in [0.29, 0.717) is 18.2 Å². The highest BCUT2D eigenvalue weighted by Gasteiger charge is 2.10. The Kier molecular flexibility index (Phi) is 13.2. The van der Waals surface area contributed by atoms with E-state index in [1.54, 1.807) is 0 Å². The number of carbonyl (C=O) groups is 1. The number of nitrogens with zero attached hydrogens (tertiary/aromatic N) is 1. The van der Waals surface area contributed by atoms with Gasteiger partial charge in [0.25, 0.3) is 0 Å². The summed E-state index contributed by atoms with van der Waals surface area (Å²) in [5, 5.41) is 0. The zero-order valence-corrected chi connectivity index (χ0v) is 16.0. The quantitative estimate of drug-likeness (QED) is 0.670. The highest BCUT2D eigenvalue weighted by atomic mass is 35.5. The van der Waals surface area contributed by atoms with Gasteiger partial charge in [-0.15, -0.1) is 23.2 Å². The van der Waals surface area contributed by atoms with Crippen LogP contribution in [0.2, 0.25) is 0 Å². The van der Waals surface area contributed by atoms with E-state index in [1.807, 2.05) is 24.3 Å². The Bertz CT molecular complexity index is 416. The summed E-state index contributed by atoms with van der Waals surface area (Å²) in [4.78, 5) is 13.3. The molecule has 0 aromatic heterocycles. The Morgan fingerprint density at radius 1 is 1.09 bits per heavy atom. The molecule has 0 aliphatic heterocycles. The fourth-order valence-electron chi connectivity index (χ4n) is 1.81. The normalized spacial score (nSPS) is 11.4. The molecular formula is C18H30Cl2N2O. The van der Waals surface area contributed by atoms with Crippen molar-refractivity contribution in [2.45, 2.75) is 46.1 Å². The second-order valence-electron chi connectivity index (χ2n) is 5.45. The largest absolute Gasteiger partial charge is 0.369 e. The van der Waals surface area contributed by atoms with E-state index in [2.05, 4.69) is 18.7 Å². The van der Waals surface area contributed by atoms with E-state index < -0.39 is 6.04 Å². The van der Waals surface area contributed by atoms with Crippen LogP contribution in [0.15, 0.2) is 24.3 Å². The molecule has 0 radical (unpaired) electrons. The Morgan fingerprint density at radius 3 is 1.91 bits per heavy atom. The van der Waals surface area contributed by atoms with E-state index in [0.717, 1.165) is 24.3 Å². The third kappa shape index (κ3) is 9.85. The fourth-order valence-corrected chi connectivity index (χ4v) is 2.22. The van der Waals surface area contributed by atoms with Crippen LogP contribution in [0, 0.1) is 0 Å². The minimum absolute atomic E-state index is 0.00924. The number of halogens is 2. The SMILES string of the molecule is CC(=O)[C@@H](N)Cc1ccc(N(CCCl)CCCl)cc1.CCCC. The maximum Gasteiger partial charge on any atom is 0.146 e. The van der Waals surface area contributed by atoms with Crippen molar-refractivity contribution in [3.8, 4) is 0 Å². The van der Waals surface area contributed by atoms with Crippen molar-refractivity contribution in [1.82, 2.24) is 0 Å². The van der Waals surface area contributed by atoms with Gasteiger partial charge in [-0.25, -0.2) is 0 Å². The first-order valence-electron chi connectivity index (χ1n) is 8.21. The van der Waals surface area contributed by atoms with Crippen molar-refractivity contribution >= 4 is 34.7 Å². The summed E-state index contributed by atoms with van der Waals surface area (Å²) in [7, 11) is 0. The first kappa shape index (κ1) is 22.2. The zero-order valence-electron chi connectivity index (χ0n) is 14.5. The first-order chi connectivity index (χ1) is 11.0. The van der Waals surface area contributed by atoms with Gasteiger partial charge in [0, 0.05) is 30.5 Å². The molecule has 3 nitrogen and oxygen atoms in total. The highest BCUT2D eigenvalue weighted by molar-refractivity contribution is 6.18. The van der Waals surface area contributed by atoms with Crippen LogP contribution in [0.25, 0.3) is 0 Å². The molecule has 0 aliphatic carbocycles. The van der Waals surface area contributed by atoms with Crippen LogP contribution >= 0.6 is 23.2 Å². The van der Waals surface area contributed by atoms with E-state index in [4.69, 9.17) is 28.9 Å². The molecule has 1 atom stereocenters. The molecule has 0 saturated carbocycles. The topological polar surface area (TPSA) is 46.3 Å². The Morgan fingerprint density at radius 2 is 1.57 bits per heavy atom. The third-order valence-electron chi connectivity index (χ3n) is 3.49. The second kappa shape index (κ2) is 13.6. The molecule has 1 aromatic rings. The second-order valence-corrected chi connectivity index (χ2v) is 6.21. The van der Waals surface area contributed by atoms with Crippen LogP contribution in [0.3, 0.4) is 0 Å². The predicted octanol–water partition coefficient (Wildman–Crippen LogP) is 4.24. The summed E-state index contributed by atoms with van der Waals surface area (Å²) < 4.78 is 0. The van der Waals surface area contributed by atoms with Crippen molar-refractivity contribution in [3.05, 3.63) is 29.8 Å². The van der Waals surface area contributed by atoms with Crippen LogP contribution < -0.4 is 10.6 Å². The summed E-state index contributed by atoms with van der Waals surface area (Å²) >= 11 is 11.6. The molecule has 5 heteroatoms. The number of carbonyl (C=O) groups excluding carboxylic acids is 1. The van der Waals surface area contributed by atoms with Gasteiger partial charge >= 0.3 is 0 Å². The third-order valence-corrected chi connectivity index (χ3v) is 3.83. The van der Waals surface area contributed by atoms with Crippen molar-refractivity contribution in [1.29, 1.82) is 0 Å². The van der Waals surface area contributed by atoms with Crippen molar-refractivity contribution in [2.24, 2.45) is 5.73 Å². The van der Waals surface area contributed by atoms with Gasteiger partial charge in [0.1, 0.15) is 5.78 Å². The maximum absolute atomic E-state index is 11.1. The van der Waals surface area contributed by atoms with Crippen molar-refractivity contribution in [3.63, 3.8) is 0 Å². The minimum atomic E-state index is -0.423. The molecule has 0 amide bonds. The number of ketones is 1. The van der Waals surface area contributed by atoms with Crippen molar-refractivity contribution < 1.29 is 4.79 Å².